The van der Waals surface area contributed by atoms with Gasteiger partial charge in [-0.2, -0.15) is 5.10 Å². The van der Waals surface area contributed by atoms with E-state index < -0.39 is 5.54 Å². The predicted molar refractivity (Wildman–Crippen MR) is 122 cm³/mol. The van der Waals surface area contributed by atoms with Gasteiger partial charge in [0, 0.05) is 7.05 Å². The van der Waals surface area contributed by atoms with E-state index in [0.29, 0.717) is 31.2 Å². The number of aromatic nitrogens is 3. The predicted octanol–water partition coefficient (Wildman–Crippen LogP) is 4.80. The van der Waals surface area contributed by atoms with Gasteiger partial charge in [-0.05, 0) is 57.9 Å². The normalized spacial score (nSPS) is 11.6. The molecular formula is C21H22Cl2N4O2S. The lowest BCUT2D eigenvalue weighted by Crippen LogP contribution is -2.40. The van der Waals surface area contributed by atoms with Crippen molar-refractivity contribution >= 4 is 40.4 Å². The van der Waals surface area contributed by atoms with E-state index in [1.807, 2.05) is 33.8 Å². The first-order valence-electron chi connectivity index (χ1n) is 9.22. The van der Waals surface area contributed by atoms with Gasteiger partial charge in [-0.3, -0.25) is 9.59 Å². The van der Waals surface area contributed by atoms with Crippen LogP contribution in [0.4, 0.5) is 0 Å². The molecule has 9 heteroatoms. The Morgan fingerprint density at radius 3 is 2.43 bits per heavy atom. The summed E-state index contributed by atoms with van der Waals surface area (Å²) >= 11 is 13.3. The van der Waals surface area contributed by atoms with E-state index in [9.17, 15) is 9.59 Å². The first kappa shape index (κ1) is 22.5. The number of nitrogens with one attached hydrogen (secondary N) is 1. The summed E-state index contributed by atoms with van der Waals surface area (Å²) in [6, 6.07) is 5.27. The van der Waals surface area contributed by atoms with Crippen LogP contribution in [0.15, 0.2) is 23.0 Å². The maximum Gasteiger partial charge on any atom is 0.277 e. The molecule has 0 bridgehead atoms. The molecule has 1 N–H and O–H groups in total. The van der Waals surface area contributed by atoms with Crippen LogP contribution in [0, 0.1) is 20.8 Å². The number of benzene rings is 1. The van der Waals surface area contributed by atoms with Gasteiger partial charge in [0.1, 0.15) is 9.88 Å². The summed E-state index contributed by atoms with van der Waals surface area (Å²) in [7, 11) is 1.60. The van der Waals surface area contributed by atoms with Gasteiger partial charge in [-0.15, -0.1) is 11.3 Å². The lowest BCUT2D eigenvalue weighted by atomic mass is 9.94. The van der Waals surface area contributed by atoms with E-state index in [4.69, 9.17) is 23.2 Å². The van der Waals surface area contributed by atoms with Crippen LogP contribution in [-0.2, 0) is 12.6 Å². The minimum atomic E-state index is -0.693. The number of thiazole rings is 1. The number of aryl methyl sites for hydroxylation is 3. The fourth-order valence-corrected chi connectivity index (χ4v) is 4.47. The van der Waals surface area contributed by atoms with Crippen LogP contribution in [0.1, 0.15) is 46.0 Å². The van der Waals surface area contributed by atoms with Gasteiger partial charge in [0.2, 0.25) is 0 Å². The van der Waals surface area contributed by atoms with Crippen molar-refractivity contribution in [2.24, 2.45) is 7.05 Å². The third kappa shape index (κ3) is 4.15. The van der Waals surface area contributed by atoms with Gasteiger partial charge in [0.05, 0.1) is 32.5 Å². The Labute approximate surface area is 188 Å². The number of hydrogen-bond donors (Lipinski definition) is 1. The van der Waals surface area contributed by atoms with Crippen molar-refractivity contribution in [3.05, 3.63) is 66.0 Å². The molecule has 0 saturated heterocycles. The summed E-state index contributed by atoms with van der Waals surface area (Å²) in [4.78, 5) is 30.7. The average Bonchev–Trinajstić information content (AvgIpc) is 3.03. The molecule has 6 nitrogen and oxygen atoms in total. The number of nitrogens with zero attached hydrogens (tertiary/aromatic N) is 3. The Kier molecular flexibility index (Phi) is 6.09. The SMILES string of the molecule is Cc1nc(-c2c(C)c(C)nn(C)c2=O)sc1C(=O)NC(C)(C)c1ccc(Cl)c(Cl)c1. The highest BCUT2D eigenvalue weighted by Gasteiger charge is 2.27. The fourth-order valence-electron chi connectivity index (χ4n) is 3.11. The smallest absolute Gasteiger partial charge is 0.277 e. The standard InChI is InChI=1S/C21H22Cl2N4O2S/c1-10-11(2)26-27(6)20(29)16(10)19-24-12(3)17(30-19)18(28)25-21(4,5)13-7-8-14(22)15(23)9-13/h7-9H,1-6H3,(H,25,28). The zero-order valence-corrected chi connectivity index (χ0v) is 19.9. The number of rotatable bonds is 4. The highest BCUT2D eigenvalue weighted by atomic mass is 35.5. The molecule has 3 aromatic rings. The van der Waals surface area contributed by atoms with Gasteiger partial charge in [0.25, 0.3) is 11.5 Å². The minimum absolute atomic E-state index is 0.241. The summed E-state index contributed by atoms with van der Waals surface area (Å²) in [6.07, 6.45) is 0. The Bertz CT molecular complexity index is 1210. The summed E-state index contributed by atoms with van der Waals surface area (Å²) in [6.45, 7) is 9.20. The molecule has 0 spiro atoms. The van der Waals surface area contributed by atoms with E-state index in [-0.39, 0.29) is 11.5 Å². The van der Waals surface area contributed by atoms with E-state index in [1.54, 1.807) is 26.1 Å². The second kappa shape index (κ2) is 8.13. The second-order valence-electron chi connectivity index (χ2n) is 7.66. The lowest BCUT2D eigenvalue weighted by Gasteiger charge is -2.27. The molecule has 0 aliphatic carbocycles. The molecular weight excluding hydrogens is 443 g/mol. The van der Waals surface area contributed by atoms with Gasteiger partial charge < -0.3 is 5.32 Å². The Balaban J connectivity index is 1.97. The van der Waals surface area contributed by atoms with Crippen molar-refractivity contribution in [3.63, 3.8) is 0 Å². The molecule has 2 aromatic heterocycles. The molecule has 0 aliphatic heterocycles. The van der Waals surface area contributed by atoms with Crippen molar-refractivity contribution in [1.82, 2.24) is 20.1 Å². The number of halogens is 2. The summed E-state index contributed by atoms with van der Waals surface area (Å²) in [5.41, 5.74) is 2.43. The Morgan fingerprint density at radius 1 is 1.13 bits per heavy atom. The molecule has 0 unspecified atom stereocenters. The molecule has 0 atom stereocenters. The molecule has 0 fully saturated rings. The summed E-state index contributed by atoms with van der Waals surface area (Å²) in [5, 5.41) is 8.61. The monoisotopic (exact) mass is 464 g/mol. The van der Waals surface area contributed by atoms with Crippen LogP contribution >= 0.6 is 34.5 Å². The van der Waals surface area contributed by atoms with Gasteiger partial charge >= 0.3 is 0 Å². The molecule has 0 aliphatic rings. The maximum atomic E-state index is 13.1. The number of amides is 1. The van der Waals surface area contributed by atoms with Crippen LogP contribution in [0.5, 0.6) is 0 Å². The second-order valence-corrected chi connectivity index (χ2v) is 9.47. The molecule has 30 heavy (non-hydrogen) atoms. The largest absolute Gasteiger partial charge is 0.342 e. The third-order valence-electron chi connectivity index (χ3n) is 5.01. The summed E-state index contributed by atoms with van der Waals surface area (Å²) in [5.74, 6) is -0.271. The molecule has 1 aromatic carbocycles. The van der Waals surface area contributed by atoms with Crippen LogP contribution < -0.4 is 10.9 Å². The first-order chi connectivity index (χ1) is 13.9. The molecule has 158 valence electrons. The Morgan fingerprint density at radius 2 is 1.80 bits per heavy atom. The topological polar surface area (TPSA) is 76.9 Å². The molecule has 3 rings (SSSR count). The highest BCUT2D eigenvalue weighted by Crippen LogP contribution is 2.31. The maximum absolute atomic E-state index is 13.1. The molecule has 1 amide bonds. The van der Waals surface area contributed by atoms with Crippen molar-refractivity contribution in [1.29, 1.82) is 0 Å². The van der Waals surface area contributed by atoms with Crippen molar-refractivity contribution in [2.75, 3.05) is 0 Å². The molecule has 2 heterocycles. The van der Waals surface area contributed by atoms with Crippen molar-refractivity contribution in [3.8, 4) is 10.6 Å². The minimum Gasteiger partial charge on any atom is -0.342 e. The van der Waals surface area contributed by atoms with Crippen LogP contribution in [-0.4, -0.2) is 20.7 Å². The first-order valence-corrected chi connectivity index (χ1v) is 10.8. The molecule has 0 radical (unpaired) electrons. The van der Waals surface area contributed by atoms with E-state index >= 15 is 0 Å². The summed E-state index contributed by atoms with van der Waals surface area (Å²) < 4.78 is 1.29. The van der Waals surface area contributed by atoms with E-state index in [2.05, 4.69) is 15.4 Å². The van der Waals surface area contributed by atoms with Crippen molar-refractivity contribution in [2.45, 2.75) is 40.2 Å². The molecule has 0 saturated carbocycles. The lowest BCUT2D eigenvalue weighted by molar-refractivity contribution is 0.0915. The van der Waals surface area contributed by atoms with Crippen LogP contribution in [0.2, 0.25) is 10.0 Å². The van der Waals surface area contributed by atoms with Crippen LogP contribution in [0.25, 0.3) is 10.6 Å². The van der Waals surface area contributed by atoms with Crippen molar-refractivity contribution < 1.29 is 4.79 Å². The van der Waals surface area contributed by atoms with E-state index in [1.165, 1.54) is 16.0 Å². The fraction of sp³-hybridized carbons (Fsp3) is 0.333. The highest BCUT2D eigenvalue weighted by molar-refractivity contribution is 7.17. The zero-order chi connectivity index (χ0) is 22.4. The number of carbonyl (C=O) groups excluding carboxylic acids is 1. The quantitative estimate of drug-likeness (QED) is 0.601. The average molecular weight is 465 g/mol. The van der Waals surface area contributed by atoms with Gasteiger partial charge in [0.15, 0.2) is 0 Å². The van der Waals surface area contributed by atoms with Gasteiger partial charge in [-0.25, -0.2) is 9.67 Å². The van der Waals surface area contributed by atoms with Crippen LogP contribution in [0.3, 0.4) is 0 Å². The Hall–Kier alpha value is -2.22. The number of hydrogen-bond acceptors (Lipinski definition) is 5. The van der Waals surface area contributed by atoms with E-state index in [0.717, 1.165) is 16.8 Å². The van der Waals surface area contributed by atoms with Gasteiger partial charge in [-0.1, -0.05) is 29.3 Å². The third-order valence-corrected chi connectivity index (χ3v) is 6.92. The zero-order valence-electron chi connectivity index (χ0n) is 17.6. The number of carbonyl (C=O) groups is 1.